The van der Waals surface area contributed by atoms with E-state index in [-0.39, 0.29) is 25.2 Å². The van der Waals surface area contributed by atoms with Gasteiger partial charge in [0.2, 0.25) is 0 Å². The van der Waals surface area contributed by atoms with Crippen molar-refractivity contribution in [2.24, 2.45) is 0 Å². The van der Waals surface area contributed by atoms with Crippen LogP contribution in [0.3, 0.4) is 0 Å². The van der Waals surface area contributed by atoms with E-state index >= 15 is 0 Å². The summed E-state index contributed by atoms with van der Waals surface area (Å²) in [5.41, 5.74) is -1.08. The summed E-state index contributed by atoms with van der Waals surface area (Å²) in [7, 11) is 0. The molecular weight excluding hydrogens is 285 g/mol. The van der Waals surface area contributed by atoms with Gasteiger partial charge in [-0.15, -0.1) is 0 Å². The third kappa shape index (κ3) is 5.14. The van der Waals surface area contributed by atoms with Gasteiger partial charge in [-0.05, 0) is 39.5 Å². The Balaban J connectivity index is 2.05. The standard InChI is InChI=1S/C14H23F3N2O2/c1-3-21-12(20)13(2,18-10-4-5-10)8-19(11-6-7-11)9-14(15,16)17/h10-11,18H,3-9H2,1-2H3. The first kappa shape index (κ1) is 16.5. The van der Waals surface area contributed by atoms with Crippen LogP contribution in [0.1, 0.15) is 39.5 Å². The smallest absolute Gasteiger partial charge is 0.401 e. The minimum atomic E-state index is -4.25. The summed E-state index contributed by atoms with van der Waals surface area (Å²) in [6.07, 6.45) is -0.816. The molecule has 2 fully saturated rings. The Kier molecular flexibility index (Phi) is 4.82. The molecule has 0 spiro atoms. The molecule has 0 aliphatic heterocycles. The first-order valence-corrected chi connectivity index (χ1v) is 7.49. The molecule has 2 aliphatic carbocycles. The second-order valence-corrected chi connectivity index (χ2v) is 6.22. The lowest BCUT2D eigenvalue weighted by Crippen LogP contribution is -2.59. The van der Waals surface area contributed by atoms with Crippen LogP contribution in [0, 0.1) is 0 Å². The van der Waals surface area contributed by atoms with Crippen molar-refractivity contribution in [3.05, 3.63) is 0 Å². The summed E-state index contributed by atoms with van der Waals surface area (Å²) in [5, 5.41) is 3.17. The molecule has 0 heterocycles. The lowest BCUT2D eigenvalue weighted by molar-refractivity contribution is -0.160. The monoisotopic (exact) mass is 308 g/mol. The number of hydrogen-bond donors (Lipinski definition) is 1. The lowest BCUT2D eigenvalue weighted by atomic mass is 10.0. The van der Waals surface area contributed by atoms with Crippen LogP contribution in [0.4, 0.5) is 13.2 Å². The van der Waals surface area contributed by atoms with Crippen LogP contribution >= 0.6 is 0 Å². The topological polar surface area (TPSA) is 41.6 Å². The third-order valence-corrected chi connectivity index (χ3v) is 3.79. The van der Waals surface area contributed by atoms with Crippen molar-refractivity contribution in [3.63, 3.8) is 0 Å². The molecule has 0 aromatic rings. The van der Waals surface area contributed by atoms with Gasteiger partial charge in [0.1, 0.15) is 5.54 Å². The average molecular weight is 308 g/mol. The van der Waals surface area contributed by atoms with Gasteiger partial charge < -0.3 is 4.74 Å². The maximum atomic E-state index is 12.7. The molecule has 1 unspecified atom stereocenters. The van der Waals surface area contributed by atoms with Crippen molar-refractivity contribution in [1.29, 1.82) is 0 Å². The van der Waals surface area contributed by atoms with E-state index in [0.717, 1.165) is 25.7 Å². The number of nitrogens with one attached hydrogen (secondary N) is 1. The Bertz CT molecular complexity index is 381. The molecule has 2 aliphatic rings. The first-order chi connectivity index (χ1) is 9.73. The van der Waals surface area contributed by atoms with E-state index in [0.29, 0.717) is 0 Å². The maximum Gasteiger partial charge on any atom is 0.401 e. The molecule has 2 rings (SSSR count). The first-order valence-electron chi connectivity index (χ1n) is 7.49. The summed E-state index contributed by atoms with van der Waals surface area (Å²) in [5.74, 6) is -0.468. The quantitative estimate of drug-likeness (QED) is 0.697. The van der Waals surface area contributed by atoms with Crippen LogP contribution in [0.25, 0.3) is 0 Å². The molecule has 1 N–H and O–H groups in total. The van der Waals surface area contributed by atoms with Gasteiger partial charge in [0.15, 0.2) is 0 Å². The molecule has 21 heavy (non-hydrogen) atoms. The Hall–Kier alpha value is -0.820. The summed E-state index contributed by atoms with van der Waals surface area (Å²) in [6.45, 7) is 2.63. The minimum absolute atomic E-state index is 0.0342. The molecule has 1 atom stereocenters. The Morgan fingerprint density at radius 3 is 2.29 bits per heavy atom. The SMILES string of the molecule is CCOC(=O)C(C)(CN(CC(F)(F)F)C1CC1)NC1CC1. The third-order valence-electron chi connectivity index (χ3n) is 3.79. The fourth-order valence-corrected chi connectivity index (χ4v) is 2.53. The van der Waals surface area contributed by atoms with Crippen molar-refractivity contribution >= 4 is 5.97 Å². The summed E-state index contributed by atoms with van der Waals surface area (Å²) >= 11 is 0. The van der Waals surface area contributed by atoms with Gasteiger partial charge in [-0.25, -0.2) is 0 Å². The number of ether oxygens (including phenoxy) is 1. The maximum absolute atomic E-state index is 12.7. The molecule has 4 nitrogen and oxygen atoms in total. The van der Waals surface area contributed by atoms with Crippen LogP contribution < -0.4 is 5.32 Å². The molecule has 0 amide bonds. The van der Waals surface area contributed by atoms with Crippen molar-refractivity contribution < 1.29 is 22.7 Å². The Morgan fingerprint density at radius 2 is 1.86 bits per heavy atom. The second-order valence-electron chi connectivity index (χ2n) is 6.22. The highest BCUT2D eigenvalue weighted by Gasteiger charge is 2.46. The van der Waals surface area contributed by atoms with Gasteiger partial charge >= 0.3 is 12.1 Å². The molecule has 0 bridgehead atoms. The van der Waals surface area contributed by atoms with E-state index in [2.05, 4.69) is 5.32 Å². The van der Waals surface area contributed by atoms with Crippen molar-refractivity contribution in [2.75, 3.05) is 19.7 Å². The second kappa shape index (κ2) is 6.12. The molecule has 2 saturated carbocycles. The van der Waals surface area contributed by atoms with Gasteiger partial charge in [-0.3, -0.25) is 15.0 Å². The highest BCUT2D eigenvalue weighted by molar-refractivity contribution is 5.80. The normalized spacial score (nSPS) is 22.2. The zero-order valence-corrected chi connectivity index (χ0v) is 12.5. The number of rotatable bonds is 8. The van der Waals surface area contributed by atoms with E-state index < -0.39 is 24.2 Å². The van der Waals surface area contributed by atoms with Crippen molar-refractivity contribution in [2.45, 2.75) is 63.3 Å². The molecule has 0 aromatic carbocycles. The lowest BCUT2D eigenvalue weighted by Gasteiger charge is -2.35. The highest BCUT2D eigenvalue weighted by atomic mass is 19.4. The Morgan fingerprint density at radius 1 is 1.24 bits per heavy atom. The van der Waals surface area contributed by atoms with Crippen LogP contribution in [-0.4, -0.2) is 54.4 Å². The van der Waals surface area contributed by atoms with E-state index in [1.807, 2.05) is 0 Å². The zero-order valence-electron chi connectivity index (χ0n) is 12.5. The highest BCUT2D eigenvalue weighted by Crippen LogP contribution is 2.32. The molecule has 122 valence electrons. The molecular formula is C14H23F3N2O2. The number of carbonyl (C=O) groups excluding carboxylic acids is 1. The van der Waals surface area contributed by atoms with Gasteiger partial charge in [0.25, 0.3) is 0 Å². The van der Waals surface area contributed by atoms with Gasteiger partial charge in [-0.2, -0.15) is 13.2 Å². The van der Waals surface area contributed by atoms with Gasteiger partial charge in [0.05, 0.1) is 13.2 Å². The van der Waals surface area contributed by atoms with Crippen molar-refractivity contribution in [1.82, 2.24) is 10.2 Å². The van der Waals surface area contributed by atoms with Crippen LogP contribution in [0.15, 0.2) is 0 Å². The van der Waals surface area contributed by atoms with Crippen LogP contribution in [0.2, 0.25) is 0 Å². The summed E-state index contributed by atoms with van der Waals surface area (Å²) in [4.78, 5) is 13.5. The predicted octanol–water partition coefficient (Wildman–Crippen LogP) is 2.09. The number of esters is 1. The van der Waals surface area contributed by atoms with E-state index in [9.17, 15) is 18.0 Å². The predicted molar refractivity (Wildman–Crippen MR) is 71.8 cm³/mol. The fraction of sp³-hybridized carbons (Fsp3) is 0.929. The van der Waals surface area contributed by atoms with Crippen LogP contribution in [-0.2, 0) is 9.53 Å². The van der Waals surface area contributed by atoms with E-state index in [4.69, 9.17) is 4.74 Å². The Labute approximate surface area is 123 Å². The number of alkyl halides is 3. The average Bonchev–Trinajstić information content (AvgIpc) is 3.21. The van der Waals surface area contributed by atoms with Gasteiger partial charge in [-0.1, -0.05) is 0 Å². The fourth-order valence-electron chi connectivity index (χ4n) is 2.53. The number of nitrogens with zero attached hydrogens (tertiary/aromatic N) is 1. The summed E-state index contributed by atoms with van der Waals surface area (Å²) < 4.78 is 43.2. The largest absolute Gasteiger partial charge is 0.465 e. The number of halogens is 3. The number of carbonyl (C=O) groups is 1. The van der Waals surface area contributed by atoms with E-state index in [1.165, 1.54) is 4.90 Å². The molecule has 0 radical (unpaired) electrons. The van der Waals surface area contributed by atoms with Gasteiger partial charge in [0, 0.05) is 18.6 Å². The molecule has 0 saturated heterocycles. The van der Waals surface area contributed by atoms with Crippen LogP contribution in [0.5, 0.6) is 0 Å². The number of hydrogen-bond acceptors (Lipinski definition) is 4. The zero-order chi connectivity index (χ0) is 15.7. The minimum Gasteiger partial charge on any atom is -0.465 e. The van der Waals surface area contributed by atoms with E-state index in [1.54, 1.807) is 13.8 Å². The van der Waals surface area contributed by atoms with Crippen molar-refractivity contribution in [3.8, 4) is 0 Å². The molecule has 0 aromatic heterocycles. The summed E-state index contributed by atoms with van der Waals surface area (Å²) in [6, 6.07) is 0.146. The molecule has 7 heteroatoms.